The summed E-state index contributed by atoms with van der Waals surface area (Å²) in [5.74, 6) is 0. The first kappa shape index (κ1) is 17.2. The van der Waals surface area contributed by atoms with Crippen molar-refractivity contribution >= 4 is 17.3 Å². The highest BCUT2D eigenvalue weighted by atomic mass is 15.1. The maximum atomic E-state index is 9.35. The van der Waals surface area contributed by atoms with E-state index in [0.717, 1.165) is 24.2 Å². The second-order valence-electron chi connectivity index (χ2n) is 5.44. The van der Waals surface area contributed by atoms with E-state index in [4.69, 9.17) is 5.26 Å². The number of hydrogen-bond donors (Lipinski definition) is 0. The molecule has 1 aromatic heterocycles. The molecule has 0 N–H and O–H groups in total. The van der Waals surface area contributed by atoms with Crippen molar-refractivity contribution < 1.29 is 0 Å². The van der Waals surface area contributed by atoms with Gasteiger partial charge in [0.25, 0.3) is 0 Å². The summed E-state index contributed by atoms with van der Waals surface area (Å²) in [6.45, 7) is 3.20. The van der Waals surface area contributed by atoms with Crippen LogP contribution in [0.3, 0.4) is 0 Å². The molecule has 0 amide bonds. The van der Waals surface area contributed by atoms with E-state index in [1.165, 1.54) is 18.8 Å². The van der Waals surface area contributed by atoms with Gasteiger partial charge in [0.05, 0.1) is 23.7 Å². The Kier molecular flexibility index (Phi) is 6.05. The van der Waals surface area contributed by atoms with E-state index in [1.807, 2.05) is 30.3 Å². The fourth-order valence-electron chi connectivity index (χ4n) is 2.20. The predicted molar refractivity (Wildman–Crippen MR) is 94.9 cm³/mol. The van der Waals surface area contributed by atoms with Gasteiger partial charge in [0.2, 0.25) is 0 Å². The Morgan fingerprint density at radius 3 is 2.46 bits per heavy atom. The molecular formula is C19H19N5. The minimum absolute atomic E-state index is 0.232. The quantitative estimate of drug-likeness (QED) is 0.760. The lowest BCUT2D eigenvalue weighted by Gasteiger charge is -2.18. The van der Waals surface area contributed by atoms with E-state index in [0.29, 0.717) is 11.3 Å². The molecule has 0 atom stereocenters. The second-order valence-corrected chi connectivity index (χ2v) is 5.44. The molecule has 0 unspecified atom stereocenters. The molecule has 1 heterocycles. The molecule has 0 aliphatic carbocycles. The minimum Gasteiger partial charge on any atom is -0.375 e. The van der Waals surface area contributed by atoms with Gasteiger partial charge >= 0.3 is 0 Å². The molecule has 0 aliphatic heterocycles. The van der Waals surface area contributed by atoms with E-state index < -0.39 is 0 Å². The van der Waals surface area contributed by atoms with Crippen LogP contribution < -0.4 is 4.90 Å². The van der Waals surface area contributed by atoms with Gasteiger partial charge in [0.1, 0.15) is 12.1 Å². The third-order valence-electron chi connectivity index (χ3n) is 3.65. The Morgan fingerprint density at radius 1 is 1.17 bits per heavy atom. The Labute approximate surface area is 142 Å². The minimum atomic E-state index is 0.232. The molecule has 0 spiro atoms. The van der Waals surface area contributed by atoms with Crippen molar-refractivity contribution in [3.63, 3.8) is 0 Å². The van der Waals surface area contributed by atoms with Crippen molar-refractivity contribution in [1.29, 1.82) is 10.5 Å². The smallest absolute Gasteiger partial charge is 0.158 e. The first-order valence-electron chi connectivity index (χ1n) is 7.83. The van der Waals surface area contributed by atoms with Crippen LogP contribution in [0, 0.1) is 22.7 Å². The van der Waals surface area contributed by atoms with Crippen molar-refractivity contribution in [3.05, 3.63) is 53.6 Å². The lowest BCUT2D eigenvalue weighted by Crippen LogP contribution is -2.17. The topological polar surface area (TPSA) is 76.6 Å². The average Bonchev–Trinajstić information content (AvgIpc) is 2.64. The van der Waals surface area contributed by atoms with Crippen LogP contribution in [0.15, 0.2) is 36.7 Å². The van der Waals surface area contributed by atoms with Gasteiger partial charge in [-0.1, -0.05) is 25.5 Å². The molecule has 2 aromatic rings. The summed E-state index contributed by atoms with van der Waals surface area (Å²) in [7, 11) is 2.08. The normalized spacial score (nSPS) is 10.8. The van der Waals surface area contributed by atoms with Crippen molar-refractivity contribution in [3.8, 4) is 12.1 Å². The Balaban J connectivity index is 2.19. The molecule has 0 radical (unpaired) electrons. The molecule has 24 heavy (non-hydrogen) atoms. The standard InChI is InChI=1S/C19H19N5/c1-3-4-9-24(2)18-7-5-15(6-8-18)10-16(11-20)19-14-22-17(12-21)13-23-19/h5-8,10,13-14H,3-4,9H2,1-2H3/b16-10+. The van der Waals surface area contributed by atoms with Crippen LogP contribution in [-0.4, -0.2) is 23.6 Å². The average molecular weight is 317 g/mol. The number of nitriles is 2. The van der Waals surface area contributed by atoms with Crippen LogP contribution in [0.2, 0.25) is 0 Å². The van der Waals surface area contributed by atoms with Gasteiger partial charge in [0, 0.05) is 19.3 Å². The molecule has 0 bridgehead atoms. The zero-order valence-corrected chi connectivity index (χ0v) is 13.9. The lowest BCUT2D eigenvalue weighted by atomic mass is 10.1. The summed E-state index contributed by atoms with van der Waals surface area (Å²) in [6.07, 6.45) is 6.91. The third-order valence-corrected chi connectivity index (χ3v) is 3.65. The van der Waals surface area contributed by atoms with Gasteiger partial charge in [-0.2, -0.15) is 10.5 Å². The first-order chi connectivity index (χ1) is 11.7. The Hall–Kier alpha value is -3.18. The highest BCUT2D eigenvalue weighted by Gasteiger charge is 2.05. The van der Waals surface area contributed by atoms with E-state index in [1.54, 1.807) is 6.08 Å². The molecule has 0 fully saturated rings. The molecule has 0 saturated carbocycles. The van der Waals surface area contributed by atoms with Crippen molar-refractivity contribution in [2.24, 2.45) is 0 Å². The van der Waals surface area contributed by atoms with Crippen LogP contribution in [0.4, 0.5) is 5.69 Å². The van der Waals surface area contributed by atoms with E-state index in [-0.39, 0.29) is 5.69 Å². The molecule has 5 nitrogen and oxygen atoms in total. The van der Waals surface area contributed by atoms with E-state index >= 15 is 0 Å². The molecule has 120 valence electrons. The number of unbranched alkanes of at least 4 members (excludes halogenated alkanes) is 1. The SMILES string of the molecule is CCCCN(C)c1ccc(/C=C(\C#N)c2cnc(C#N)cn2)cc1. The maximum absolute atomic E-state index is 9.35. The molecule has 0 aliphatic rings. The van der Waals surface area contributed by atoms with Crippen LogP contribution in [0.5, 0.6) is 0 Å². The fraction of sp³-hybridized carbons (Fsp3) is 0.263. The Bertz CT molecular complexity index is 776. The number of aromatic nitrogens is 2. The van der Waals surface area contributed by atoms with E-state index in [9.17, 15) is 5.26 Å². The summed E-state index contributed by atoms with van der Waals surface area (Å²) in [6, 6.07) is 12.1. The molecule has 2 rings (SSSR count). The number of benzene rings is 1. The van der Waals surface area contributed by atoms with Crippen molar-refractivity contribution in [1.82, 2.24) is 9.97 Å². The third kappa shape index (κ3) is 4.41. The Morgan fingerprint density at radius 2 is 1.92 bits per heavy atom. The van der Waals surface area contributed by atoms with Gasteiger partial charge in [-0.25, -0.2) is 4.98 Å². The van der Waals surface area contributed by atoms with E-state index in [2.05, 4.69) is 34.9 Å². The maximum Gasteiger partial charge on any atom is 0.158 e. The molecule has 1 aromatic carbocycles. The highest BCUT2D eigenvalue weighted by Crippen LogP contribution is 2.19. The first-order valence-corrected chi connectivity index (χ1v) is 7.83. The monoisotopic (exact) mass is 317 g/mol. The fourth-order valence-corrected chi connectivity index (χ4v) is 2.20. The van der Waals surface area contributed by atoms with Crippen LogP contribution in [0.25, 0.3) is 11.6 Å². The predicted octanol–water partition coefficient (Wildman–Crippen LogP) is 3.65. The van der Waals surface area contributed by atoms with Gasteiger partial charge in [-0.3, -0.25) is 4.98 Å². The molecule has 0 saturated heterocycles. The summed E-state index contributed by atoms with van der Waals surface area (Å²) < 4.78 is 0. The second kappa shape index (κ2) is 8.45. The highest BCUT2D eigenvalue weighted by molar-refractivity contribution is 5.88. The van der Waals surface area contributed by atoms with Gasteiger partial charge < -0.3 is 4.90 Å². The van der Waals surface area contributed by atoms with Gasteiger partial charge in [0.15, 0.2) is 5.69 Å². The number of allylic oxidation sites excluding steroid dienone is 1. The van der Waals surface area contributed by atoms with Gasteiger partial charge in [-0.15, -0.1) is 0 Å². The molecule has 5 heteroatoms. The van der Waals surface area contributed by atoms with Crippen molar-refractivity contribution in [2.75, 3.05) is 18.5 Å². The summed E-state index contributed by atoms with van der Waals surface area (Å²) in [5.41, 5.74) is 3.18. The summed E-state index contributed by atoms with van der Waals surface area (Å²) >= 11 is 0. The largest absolute Gasteiger partial charge is 0.375 e. The summed E-state index contributed by atoms with van der Waals surface area (Å²) in [5, 5.41) is 18.1. The number of hydrogen-bond acceptors (Lipinski definition) is 5. The van der Waals surface area contributed by atoms with Crippen LogP contribution in [-0.2, 0) is 0 Å². The zero-order valence-electron chi connectivity index (χ0n) is 13.9. The van der Waals surface area contributed by atoms with Crippen LogP contribution in [0.1, 0.15) is 36.7 Å². The number of rotatable bonds is 6. The number of nitrogens with zero attached hydrogens (tertiary/aromatic N) is 5. The van der Waals surface area contributed by atoms with Crippen molar-refractivity contribution in [2.45, 2.75) is 19.8 Å². The number of anilines is 1. The van der Waals surface area contributed by atoms with Crippen LogP contribution >= 0.6 is 0 Å². The zero-order chi connectivity index (χ0) is 17.4. The molecular weight excluding hydrogens is 298 g/mol. The van der Waals surface area contributed by atoms with Gasteiger partial charge in [-0.05, 0) is 30.2 Å². The summed E-state index contributed by atoms with van der Waals surface area (Å²) in [4.78, 5) is 10.3. The lowest BCUT2D eigenvalue weighted by molar-refractivity contribution is 0.767.